The Morgan fingerprint density at radius 1 is 1.14 bits per heavy atom. The number of halogens is 3. The summed E-state index contributed by atoms with van der Waals surface area (Å²) in [7, 11) is 0. The van der Waals surface area contributed by atoms with Gasteiger partial charge in [0, 0.05) is 29.9 Å². The van der Waals surface area contributed by atoms with E-state index in [1.807, 2.05) is 6.07 Å². The molecule has 0 aliphatic carbocycles. The molecule has 21 heavy (non-hydrogen) atoms. The van der Waals surface area contributed by atoms with Gasteiger partial charge >= 0.3 is 6.18 Å². The lowest BCUT2D eigenvalue weighted by Crippen LogP contribution is -2.10. The Morgan fingerprint density at radius 2 is 1.90 bits per heavy atom. The Bertz CT molecular complexity index is 792. The molecule has 3 rings (SSSR count). The quantitative estimate of drug-likeness (QED) is 0.790. The number of hydrogen-bond acceptors (Lipinski definition) is 3. The van der Waals surface area contributed by atoms with Crippen molar-refractivity contribution in [3.63, 3.8) is 0 Å². The van der Waals surface area contributed by atoms with Crippen LogP contribution in [0.4, 0.5) is 13.2 Å². The first kappa shape index (κ1) is 13.6. The third kappa shape index (κ3) is 2.36. The largest absolute Gasteiger partial charge is 0.435 e. The van der Waals surface area contributed by atoms with Crippen LogP contribution < -0.4 is 5.73 Å². The molecule has 0 aliphatic heterocycles. The standard InChI is InChI=1S/C14H11F3N4/c15-14(16,17)12-5-6-21(20-12)13-9(7-18)8-19-11-4-2-1-3-10(11)13/h1-6,8H,7,18H2. The van der Waals surface area contributed by atoms with Crippen LogP contribution in [0.1, 0.15) is 11.3 Å². The first-order valence-corrected chi connectivity index (χ1v) is 6.20. The summed E-state index contributed by atoms with van der Waals surface area (Å²) in [4.78, 5) is 4.25. The minimum Gasteiger partial charge on any atom is -0.326 e. The second-order valence-electron chi connectivity index (χ2n) is 4.50. The first-order valence-electron chi connectivity index (χ1n) is 6.20. The Kier molecular flexibility index (Phi) is 3.13. The second-order valence-corrected chi connectivity index (χ2v) is 4.50. The molecule has 0 aliphatic rings. The summed E-state index contributed by atoms with van der Waals surface area (Å²) in [6.45, 7) is 0.161. The lowest BCUT2D eigenvalue weighted by Gasteiger charge is -2.11. The fourth-order valence-electron chi connectivity index (χ4n) is 2.19. The summed E-state index contributed by atoms with van der Waals surface area (Å²) >= 11 is 0. The molecule has 3 aromatic rings. The molecule has 0 fully saturated rings. The number of pyridine rings is 1. The van der Waals surface area contributed by atoms with Crippen LogP contribution in [0, 0.1) is 0 Å². The molecule has 4 nitrogen and oxygen atoms in total. The molecule has 0 saturated carbocycles. The van der Waals surface area contributed by atoms with Gasteiger partial charge in [-0.1, -0.05) is 18.2 Å². The van der Waals surface area contributed by atoms with Crippen molar-refractivity contribution in [3.05, 3.63) is 54.0 Å². The third-order valence-electron chi connectivity index (χ3n) is 3.15. The third-order valence-corrected chi connectivity index (χ3v) is 3.15. The van der Waals surface area contributed by atoms with Crippen LogP contribution >= 0.6 is 0 Å². The minimum atomic E-state index is -4.48. The van der Waals surface area contributed by atoms with E-state index in [1.54, 1.807) is 24.4 Å². The van der Waals surface area contributed by atoms with E-state index >= 15 is 0 Å². The second kappa shape index (κ2) is 4.85. The molecule has 0 saturated heterocycles. The Balaban J connectivity index is 2.25. The molecule has 0 amide bonds. The number of benzene rings is 1. The summed E-state index contributed by atoms with van der Waals surface area (Å²) < 4.78 is 39.3. The molecule has 7 heteroatoms. The van der Waals surface area contributed by atoms with Gasteiger partial charge in [0.25, 0.3) is 0 Å². The predicted molar refractivity (Wildman–Crippen MR) is 71.8 cm³/mol. The van der Waals surface area contributed by atoms with Gasteiger partial charge in [-0.15, -0.1) is 0 Å². The van der Waals surface area contributed by atoms with E-state index in [1.165, 1.54) is 10.9 Å². The van der Waals surface area contributed by atoms with E-state index in [0.717, 1.165) is 6.07 Å². The minimum absolute atomic E-state index is 0.161. The lowest BCUT2D eigenvalue weighted by molar-refractivity contribution is -0.141. The van der Waals surface area contributed by atoms with E-state index in [0.29, 0.717) is 22.2 Å². The summed E-state index contributed by atoms with van der Waals surface area (Å²) in [6, 6.07) is 8.11. The van der Waals surface area contributed by atoms with Gasteiger partial charge in [-0.2, -0.15) is 18.3 Å². The Labute approximate surface area is 118 Å². The van der Waals surface area contributed by atoms with E-state index in [-0.39, 0.29) is 6.54 Å². The highest BCUT2D eigenvalue weighted by molar-refractivity contribution is 5.88. The van der Waals surface area contributed by atoms with Crippen molar-refractivity contribution in [2.24, 2.45) is 5.73 Å². The van der Waals surface area contributed by atoms with Crippen molar-refractivity contribution in [2.75, 3.05) is 0 Å². The van der Waals surface area contributed by atoms with Crippen molar-refractivity contribution >= 4 is 10.9 Å². The smallest absolute Gasteiger partial charge is 0.326 e. The van der Waals surface area contributed by atoms with Crippen LogP contribution in [-0.2, 0) is 12.7 Å². The Hall–Kier alpha value is -2.41. The molecule has 108 valence electrons. The summed E-state index contributed by atoms with van der Waals surface area (Å²) in [5, 5.41) is 4.32. The topological polar surface area (TPSA) is 56.7 Å². The van der Waals surface area contributed by atoms with Gasteiger partial charge in [-0.3, -0.25) is 4.98 Å². The van der Waals surface area contributed by atoms with E-state index < -0.39 is 11.9 Å². The fraction of sp³-hybridized carbons (Fsp3) is 0.143. The van der Waals surface area contributed by atoms with E-state index in [9.17, 15) is 13.2 Å². The van der Waals surface area contributed by atoms with Gasteiger partial charge in [-0.25, -0.2) is 4.68 Å². The Morgan fingerprint density at radius 3 is 2.57 bits per heavy atom. The zero-order valence-corrected chi connectivity index (χ0v) is 10.8. The number of rotatable bonds is 2. The van der Waals surface area contributed by atoms with Crippen LogP contribution in [0.5, 0.6) is 0 Å². The summed E-state index contributed by atoms with van der Waals surface area (Å²) in [6.07, 6.45) is -1.63. The van der Waals surface area contributed by atoms with Gasteiger partial charge in [-0.05, 0) is 12.1 Å². The maximum atomic E-state index is 12.7. The zero-order valence-electron chi connectivity index (χ0n) is 10.8. The molecule has 2 N–H and O–H groups in total. The van der Waals surface area contributed by atoms with Gasteiger partial charge in [0.15, 0.2) is 5.69 Å². The van der Waals surface area contributed by atoms with Crippen molar-refractivity contribution in [1.82, 2.24) is 14.8 Å². The molecule has 0 radical (unpaired) electrons. The molecule has 0 bridgehead atoms. The molecule has 0 spiro atoms. The van der Waals surface area contributed by atoms with Gasteiger partial charge in [0.2, 0.25) is 0 Å². The van der Waals surface area contributed by atoms with Crippen LogP contribution in [0.3, 0.4) is 0 Å². The number of hydrogen-bond donors (Lipinski definition) is 1. The SMILES string of the molecule is NCc1cnc2ccccc2c1-n1ccc(C(F)(F)F)n1. The average molecular weight is 292 g/mol. The molecule has 2 aromatic heterocycles. The highest BCUT2D eigenvalue weighted by Crippen LogP contribution is 2.29. The molecular weight excluding hydrogens is 281 g/mol. The van der Waals surface area contributed by atoms with Crippen LogP contribution in [0.25, 0.3) is 16.6 Å². The van der Waals surface area contributed by atoms with Crippen molar-refractivity contribution < 1.29 is 13.2 Å². The summed E-state index contributed by atoms with van der Waals surface area (Å²) in [5.41, 5.74) is 6.56. The molecule has 2 heterocycles. The number of alkyl halides is 3. The number of fused-ring (bicyclic) bond motifs is 1. The maximum absolute atomic E-state index is 12.7. The van der Waals surface area contributed by atoms with Crippen molar-refractivity contribution in [2.45, 2.75) is 12.7 Å². The highest BCUT2D eigenvalue weighted by Gasteiger charge is 2.33. The van der Waals surface area contributed by atoms with Gasteiger partial charge < -0.3 is 5.73 Å². The zero-order chi connectivity index (χ0) is 15.0. The van der Waals surface area contributed by atoms with E-state index in [4.69, 9.17) is 5.73 Å². The lowest BCUT2D eigenvalue weighted by atomic mass is 10.1. The molecular formula is C14H11F3N4. The van der Waals surface area contributed by atoms with Crippen LogP contribution in [0.15, 0.2) is 42.7 Å². The highest BCUT2D eigenvalue weighted by atomic mass is 19.4. The van der Waals surface area contributed by atoms with Crippen LogP contribution in [-0.4, -0.2) is 14.8 Å². The van der Waals surface area contributed by atoms with E-state index in [2.05, 4.69) is 10.1 Å². The predicted octanol–water partition coefficient (Wildman–Crippen LogP) is 2.90. The number of nitrogens with two attached hydrogens (primary N) is 1. The van der Waals surface area contributed by atoms with Crippen molar-refractivity contribution in [3.8, 4) is 5.69 Å². The fourth-order valence-corrected chi connectivity index (χ4v) is 2.19. The van der Waals surface area contributed by atoms with Crippen LogP contribution in [0.2, 0.25) is 0 Å². The normalized spacial score (nSPS) is 12.0. The summed E-state index contributed by atoms with van der Waals surface area (Å²) in [5.74, 6) is 0. The van der Waals surface area contributed by atoms with Gasteiger partial charge in [0.1, 0.15) is 0 Å². The molecule has 0 unspecified atom stereocenters. The number of aromatic nitrogens is 3. The molecule has 1 aromatic carbocycles. The number of nitrogens with zero attached hydrogens (tertiary/aromatic N) is 3. The number of para-hydroxylation sites is 1. The van der Waals surface area contributed by atoms with Gasteiger partial charge in [0.05, 0.1) is 11.2 Å². The monoisotopic (exact) mass is 292 g/mol. The average Bonchev–Trinajstić information content (AvgIpc) is 2.95. The first-order chi connectivity index (χ1) is 10.0. The molecule has 0 atom stereocenters. The maximum Gasteiger partial charge on any atom is 0.435 e. The van der Waals surface area contributed by atoms with Crippen molar-refractivity contribution in [1.29, 1.82) is 0 Å².